The van der Waals surface area contributed by atoms with Gasteiger partial charge in [0, 0.05) is 13.1 Å². The fourth-order valence-electron chi connectivity index (χ4n) is 2.46. The van der Waals surface area contributed by atoms with Crippen molar-refractivity contribution < 1.29 is 0 Å². The highest BCUT2D eigenvalue weighted by molar-refractivity contribution is 9.10. The Kier molecular flexibility index (Phi) is 6.46. The third-order valence-corrected chi connectivity index (χ3v) is 4.56. The molecule has 0 amide bonds. The van der Waals surface area contributed by atoms with Crippen molar-refractivity contribution in [2.45, 2.75) is 46.2 Å². The number of nitrogens with zero attached hydrogens (tertiary/aromatic N) is 2. The monoisotopic (exact) mass is 349 g/mol. The summed E-state index contributed by atoms with van der Waals surface area (Å²) in [4.78, 5) is 0. The lowest BCUT2D eigenvalue weighted by atomic mass is 10.1. The predicted octanol–water partition coefficient (Wildman–Crippen LogP) is 3.95. The molecule has 2 aromatic rings. The highest BCUT2D eigenvalue weighted by atomic mass is 79.9. The predicted molar refractivity (Wildman–Crippen MR) is 91.4 cm³/mol. The number of halogens is 1. The van der Waals surface area contributed by atoms with Crippen molar-refractivity contribution in [3.63, 3.8) is 0 Å². The molecule has 0 aliphatic rings. The number of benzene rings is 1. The van der Waals surface area contributed by atoms with E-state index < -0.39 is 0 Å². The van der Waals surface area contributed by atoms with Gasteiger partial charge in [-0.3, -0.25) is 4.68 Å². The smallest absolute Gasteiger partial charge is 0.0767 e. The van der Waals surface area contributed by atoms with Gasteiger partial charge >= 0.3 is 0 Å². The minimum atomic E-state index is 0.871. The van der Waals surface area contributed by atoms with E-state index in [0.29, 0.717) is 0 Å². The van der Waals surface area contributed by atoms with Crippen molar-refractivity contribution in [2.75, 3.05) is 6.54 Å². The van der Waals surface area contributed by atoms with Crippen LogP contribution in [0.5, 0.6) is 0 Å². The third-order valence-electron chi connectivity index (χ3n) is 3.65. The Bertz CT molecular complexity index is 549. The first-order valence-corrected chi connectivity index (χ1v) is 8.54. The zero-order chi connectivity index (χ0) is 15.1. The Morgan fingerprint density at radius 3 is 2.62 bits per heavy atom. The standard InChI is InChI=1S/C17H24BrN3/c1-3-15-17(18)16(21(4-2)20-15)13-19-12-8-11-14-9-6-5-7-10-14/h5-7,9-10,19H,3-4,8,11-13H2,1-2H3. The summed E-state index contributed by atoms with van der Waals surface area (Å²) in [6.45, 7) is 7.09. The van der Waals surface area contributed by atoms with Crippen LogP contribution in [0.3, 0.4) is 0 Å². The van der Waals surface area contributed by atoms with Gasteiger partial charge in [0.2, 0.25) is 0 Å². The van der Waals surface area contributed by atoms with Crippen LogP contribution in [0.4, 0.5) is 0 Å². The minimum Gasteiger partial charge on any atom is -0.311 e. The molecule has 0 spiro atoms. The van der Waals surface area contributed by atoms with Crippen LogP contribution in [-0.4, -0.2) is 16.3 Å². The Morgan fingerprint density at radius 2 is 1.95 bits per heavy atom. The Labute approximate surface area is 135 Å². The maximum Gasteiger partial charge on any atom is 0.0767 e. The van der Waals surface area contributed by atoms with E-state index in [1.54, 1.807) is 0 Å². The molecule has 21 heavy (non-hydrogen) atoms. The molecule has 0 saturated heterocycles. The van der Waals surface area contributed by atoms with Crippen LogP contribution in [0.15, 0.2) is 34.8 Å². The van der Waals surface area contributed by atoms with Gasteiger partial charge in [0.25, 0.3) is 0 Å². The van der Waals surface area contributed by atoms with E-state index in [1.165, 1.54) is 15.7 Å². The maximum absolute atomic E-state index is 4.62. The molecular weight excluding hydrogens is 326 g/mol. The van der Waals surface area contributed by atoms with E-state index in [0.717, 1.165) is 44.6 Å². The highest BCUT2D eigenvalue weighted by Gasteiger charge is 2.12. The van der Waals surface area contributed by atoms with Crippen molar-refractivity contribution in [3.05, 3.63) is 51.8 Å². The van der Waals surface area contributed by atoms with Gasteiger partial charge in [-0.2, -0.15) is 5.10 Å². The van der Waals surface area contributed by atoms with E-state index in [4.69, 9.17) is 0 Å². The third kappa shape index (κ3) is 4.42. The van der Waals surface area contributed by atoms with Crippen LogP contribution in [0.1, 0.15) is 37.2 Å². The number of aryl methyl sites for hydroxylation is 3. The Balaban J connectivity index is 1.79. The molecule has 0 aliphatic carbocycles. The summed E-state index contributed by atoms with van der Waals surface area (Å²) in [5, 5.41) is 8.16. The van der Waals surface area contributed by atoms with Crippen molar-refractivity contribution in [1.82, 2.24) is 15.1 Å². The molecule has 0 aliphatic heterocycles. The van der Waals surface area contributed by atoms with E-state index in [-0.39, 0.29) is 0 Å². The van der Waals surface area contributed by atoms with Gasteiger partial charge in [-0.25, -0.2) is 0 Å². The van der Waals surface area contributed by atoms with Crippen LogP contribution in [0.2, 0.25) is 0 Å². The summed E-state index contributed by atoms with van der Waals surface area (Å²) in [6.07, 6.45) is 3.25. The van der Waals surface area contributed by atoms with Gasteiger partial charge in [-0.15, -0.1) is 0 Å². The van der Waals surface area contributed by atoms with Crippen molar-refractivity contribution in [1.29, 1.82) is 0 Å². The Morgan fingerprint density at radius 1 is 1.19 bits per heavy atom. The Hall–Kier alpha value is -1.13. The fourth-order valence-corrected chi connectivity index (χ4v) is 3.16. The van der Waals surface area contributed by atoms with Gasteiger partial charge < -0.3 is 5.32 Å². The fraction of sp³-hybridized carbons (Fsp3) is 0.471. The molecule has 0 fully saturated rings. The van der Waals surface area contributed by atoms with Gasteiger partial charge in [-0.05, 0) is 54.2 Å². The molecule has 4 heteroatoms. The normalized spacial score (nSPS) is 11.0. The van der Waals surface area contributed by atoms with Gasteiger partial charge in [0.1, 0.15) is 0 Å². The summed E-state index contributed by atoms with van der Waals surface area (Å²) in [7, 11) is 0. The molecule has 3 nitrogen and oxygen atoms in total. The lowest BCUT2D eigenvalue weighted by Crippen LogP contribution is -2.18. The first-order chi connectivity index (χ1) is 10.3. The molecule has 1 aromatic heterocycles. The van der Waals surface area contributed by atoms with Crippen LogP contribution < -0.4 is 5.32 Å². The second-order valence-corrected chi connectivity index (χ2v) is 5.94. The van der Waals surface area contributed by atoms with Crippen LogP contribution in [0.25, 0.3) is 0 Å². The first-order valence-electron chi connectivity index (χ1n) is 7.75. The maximum atomic E-state index is 4.62. The molecule has 0 saturated carbocycles. The molecule has 1 N–H and O–H groups in total. The van der Waals surface area contributed by atoms with Crippen molar-refractivity contribution in [2.24, 2.45) is 0 Å². The van der Waals surface area contributed by atoms with Gasteiger partial charge in [0.05, 0.1) is 15.9 Å². The first kappa shape index (κ1) is 16.2. The SMILES string of the molecule is CCc1nn(CC)c(CNCCCc2ccccc2)c1Br. The average molecular weight is 350 g/mol. The zero-order valence-electron chi connectivity index (χ0n) is 12.9. The van der Waals surface area contributed by atoms with E-state index in [1.807, 2.05) is 0 Å². The summed E-state index contributed by atoms with van der Waals surface area (Å²) in [6, 6.07) is 10.7. The van der Waals surface area contributed by atoms with Crippen molar-refractivity contribution >= 4 is 15.9 Å². The molecule has 0 bridgehead atoms. The summed E-state index contributed by atoms with van der Waals surface area (Å²) >= 11 is 3.69. The lowest BCUT2D eigenvalue weighted by Gasteiger charge is -2.07. The number of rotatable bonds is 8. The van der Waals surface area contributed by atoms with Gasteiger partial charge in [0.15, 0.2) is 0 Å². The van der Waals surface area contributed by atoms with E-state index in [9.17, 15) is 0 Å². The summed E-state index contributed by atoms with van der Waals surface area (Å²) in [5.41, 5.74) is 3.82. The molecule has 1 heterocycles. The quantitative estimate of drug-likeness (QED) is 0.731. The molecule has 0 radical (unpaired) electrons. The molecule has 0 atom stereocenters. The van der Waals surface area contributed by atoms with Crippen LogP contribution >= 0.6 is 15.9 Å². The van der Waals surface area contributed by atoms with E-state index in [2.05, 4.69) is 75.2 Å². The zero-order valence-corrected chi connectivity index (χ0v) is 14.5. The van der Waals surface area contributed by atoms with Crippen molar-refractivity contribution in [3.8, 4) is 0 Å². The number of hydrogen-bond acceptors (Lipinski definition) is 2. The molecule has 2 rings (SSSR count). The van der Waals surface area contributed by atoms with Crippen LogP contribution in [0, 0.1) is 0 Å². The second kappa shape index (κ2) is 8.35. The topological polar surface area (TPSA) is 29.9 Å². The molecule has 0 unspecified atom stereocenters. The minimum absolute atomic E-state index is 0.871. The summed E-state index contributed by atoms with van der Waals surface area (Å²) < 4.78 is 3.26. The van der Waals surface area contributed by atoms with Crippen LogP contribution in [-0.2, 0) is 25.9 Å². The second-order valence-electron chi connectivity index (χ2n) is 5.14. The lowest BCUT2D eigenvalue weighted by molar-refractivity contribution is 0.569. The largest absolute Gasteiger partial charge is 0.311 e. The average Bonchev–Trinajstić information content (AvgIpc) is 2.84. The number of nitrogens with one attached hydrogen (secondary N) is 1. The summed E-state index contributed by atoms with van der Waals surface area (Å²) in [5.74, 6) is 0. The number of aromatic nitrogens is 2. The molecular formula is C17H24BrN3. The highest BCUT2D eigenvalue weighted by Crippen LogP contribution is 2.22. The molecule has 114 valence electrons. The van der Waals surface area contributed by atoms with E-state index >= 15 is 0 Å². The number of hydrogen-bond donors (Lipinski definition) is 1. The molecule has 1 aromatic carbocycles. The van der Waals surface area contributed by atoms with Gasteiger partial charge in [-0.1, -0.05) is 37.3 Å².